The zero-order valence-corrected chi connectivity index (χ0v) is 17.1. The van der Waals surface area contributed by atoms with Gasteiger partial charge in [-0.1, -0.05) is 0 Å². The SMILES string of the molecule is COC(=O)c1cncc(OCC2CN(C(=O)C=Cc3c(F)c(F)c(F)c(F)c3F)CCO2)c1. The normalized spacial score (nSPS) is 16.2. The van der Waals surface area contributed by atoms with E-state index in [1.54, 1.807) is 0 Å². The van der Waals surface area contributed by atoms with Gasteiger partial charge < -0.3 is 19.1 Å². The van der Waals surface area contributed by atoms with Crippen molar-refractivity contribution in [3.05, 3.63) is 64.7 Å². The van der Waals surface area contributed by atoms with Gasteiger partial charge in [-0.25, -0.2) is 26.7 Å². The van der Waals surface area contributed by atoms with E-state index in [1.165, 1.54) is 30.5 Å². The zero-order valence-electron chi connectivity index (χ0n) is 17.1. The molecule has 7 nitrogen and oxygen atoms in total. The fourth-order valence-corrected chi connectivity index (χ4v) is 2.97. The molecule has 1 atom stereocenters. The van der Waals surface area contributed by atoms with Gasteiger partial charge in [0.05, 0.1) is 37.6 Å². The molecule has 176 valence electrons. The summed E-state index contributed by atoms with van der Waals surface area (Å²) in [5.74, 6) is -11.6. The van der Waals surface area contributed by atoms with E-state index in [0.29, 0.717) is 12.2 Å². The van der Waals surface area contributed by atoms with Crippen LogP contribution in [0.4, 0.5) is 22.0 Å². The van der Waals surface area contributed by atoms with Gasteiger partial charge in [-0.15, -0.1) is 0 Å². The smallest absolute Gasteiger partial charge is 0.339 e. The maximum absolute atomic E-state index is 13.8. The lowest BCUT2D eigenvalue weighted by atomic mass is 10.1. The molecule has 2 aromatic rings. The van der Waals surface area contributed by atoms with Crippen LogP contribution >= 0.6 is 0 Å². The number of aromatic nitrogens is 1. The van der Waals surface area contributed by atoms with Gasteiger partial charge in [-0.2, -0.15) is 0 Å². The molecule has 1 aliphatic rings. The molecule has 1 unspecified atom stereocenters. The largest absolute Gasteiger partial charge is 0.489 e. The summed E-state index contributed by atoms with van der Waals surface area (Å²) >= 11 is 0. The van der Waals surface area contributed by atoms with E-state index in [9.17, 15) is 31.5 Å². The number of morpholine rings is 1. The standard InChI is InChI=1S/C21H17F5N2O5/c1-31-21(30)11-6-12(8-27-7-11)33-10-13-9-28(4-5-32-13)15(29)3-2-14-16(22)18(24)20(26)19(25)17(14)23/h2-3,6-8,13H,4-5,9-10H2,1H3. The highest BCUT2D eigenvalue weighted by Gasteiger charge is 2.26. The predicted octanol–water partition coefficient (Wildman–Crippen LogP) is 2.88. The number of benzene rings is 1. The minimum Gasteiger partial charge on any atom is -0.489 e. The molecule has 1 aromatic heterocycles. The van der Waals surface area contributed by atoms with E-state index in [4.69, 9.17) is 9.47 Å². The van der Waals surface area contributed by atoms with Crippen molar-refractivity contribution in [3.8, 4) is 5.75 Å². The lowest BCUT2D eigenvalue weighted by molar-refractivity contribution is -0.134. The number of hydrogen-bond acceptors (Lipinski definition) is 6. The Bertz CT molecular complexity index is 1070. The molecule has 0 aliphatic carbocycles. The number of carbonyl (C=O) groups excluding carboxylic acids is 2. The molecule has 0 saturated carbocycles. The molecule has 1 aromatic carbocycles. The summed E-state index contributed by atoms with van der Waals surface area (Å²) in [4.78, 5) is 29.1. The van der Waals surface area contributed by atoms with Crippen LogP contribution in [0.25, 0.3) is 6.08 Å². The van der Waals surface area contributed by atoms with Gasteiger partial charge in [-0.05, 0) is 12.1 Å². The molecule has 0 bridgehead atoms. The van der Waals surface area contributed by atoms with Crippen LogP contribution in [0, 0.1) is 29.1 Å². The minimum atomic E-state index is -2.28. The fraction of sp³-hybridized carbons (Fsp3) is 0.286. The second kappa shape index (κ2) is 10.4. The van der Waals surface area contributed by atoms with Crippen LogP contribution in [0.1, 0.15) is 15.9 Å². The van der Waals surface area contributed by atoms with E-state index >= 15 is 0 Å². The van der Waals surface area contributed by atoms with Gasteiger partial charge in [0.2, 0.25) is 11.7 Å². The van der Waals surface area contributed by atoms with Crippen LogP contribution in [-0.4, -0.2) is 61.3 Å². The molecule has 3 rings (SSSR count). The van der Waals surface area contributed by atoms with Gasteiger partial charge in [0.25, 0.3) is 0 Å². The van der Waals surface area contributed by atoms with E-state index in [2.05, 4.69) is 9.72 Å². The van der Waals surface area contributed by atoms with Crippen molar-refractivity contribution in [2.45, 2.75) is 6.10 Å². The minimum absolute atomic E-state index is 0.0164. The van der Waals surface area contributed by atoms with Crippen LogP contribution in [0.15, 0.2) is 24.5 Å². The summed E-state index contributed by atoms with van der Waals surface area (Å²) in [6, 6.07) is 1.41. The number of ether oxygens (including phenoxy) is 3. The maximum Gasteiger partial charge on any atom is 0.339 e. The Kier molecular flexibility index (Phi) is 7.59. The lowest BCUT2D eigenvalue weighted by Gasteiger charge is -2.32. The molecule has 0 N–H and O–H groups in total. The first-order valence-corrected chi connectivity index (χ1v) is 9.49. The molecule has 2 heterocycles. The van der Waals surface area contributed by atoms with Gasteiger partial charge in [-0.3, -0.25) is 9.78 Å². The van der Waals surface area contributed by atoms with Gasteiger partial charge in [0, 0.05) is 18.8 Å². The molecule has 0 spiro atoms. The topological polar surface area (TPSA) is 78.0 Å². The fourth-order valence-electron chi connectivity index (χ4n) is 2.97. The highest BCUT2D eigenvalue weighted by molar-refractivity contribution is 5.92. The molecular weight excluding hydrogens is 455 g/mol. The Morgan fingerprint density at radius 2 is 1.79 bits per heavy atom. The highest BCUT2D eigenvalue weighted by atomic mass is 19.2. The Morgan fingerprint density at radius 1 is 1.12 bits per heavy atom. The zero-order chi connectivity index (χ0) is 24.1. The lowest BCUT2D eigenvalue weighted by Crippen LogP contribution is -2.47. The predicted molar refractivity (Wildman–Crippen MR) is 103 cm³/mol. The first kappa shape index (κ1) is 24.1. The van der Waals surface area contributed by atoms with Crippen LogP contribution in [0.3, 0.4) is 0 Å². The number of carbonyl (C=O) groups is 2. The average Bonchev–Trinajstić information content (AvgIpc) is 2.84. The van der Waals surface area contributed by atoms with Crippen molar-refractivity contribution in [3.63, 3.8) is 0 Å². The third kappa shape index (κ3) is 5.45. The van der Waals surface area contributed by atoms with Crippen molar-refractivity contribution >= 4 is 18.0 Å². The van der Waals surface area contributed by atoms with E-state index < -0.39 is 52.6 Å². The monoisotopic (exact) mass is 472 g/mol. The first-order chi connectivity index (χ1) is 15.7. The summed E-state index contributed by atoms with van der Waals surface area (Å²) < 4.78 is 82.9. The summed E-state index contributed by atoms with van der Waals surface area (Å²) in [5.41, 5.74) is -1.04. The van der Waals surface area contributed by atoms with Crippen LogP contribution in [0.2, 0.25) is 0 Å². The number of pyridine rings is 1. The Hall–Kier alpha value is -3.54. The number of nitrogens with zero attached hydrogens (tertiary/aromatic N) is 2. The van der Waals surface area contributed by atoms with E-state index in [0.717, 1.165) is 0 Å². The average molecular weight is 472 g/mol. The summed E-state index contributed by atoms with van der Waals surface area (Å²) in [7, 11) is 1.22. The van der Waals surface area contributed by atoms with Gasteiger partial charge in [0.1, 0.15) is 18.5 Å². The molecular formula is C21H17F5N2O5. The molecule has 33 heavy (non-hydrogen) atoms. The highest BCUT2D eigenvalue weighted by Crippen LogP contribution is 2.24. The summed E-state index contributed by atoms with van der Waals surface area (Å²) in [6.07, 6.45) is 3.32. The number of esters is 1. The molecule has 1 saturated heterocycles. The third-order valence-corrected chi connectivity index (χ3v) is 4.66. The Labute approximate surface area is 184 Å². The maximum atomic E-state index is 13.8. The number of hydrogen-bond donors (Lipinski definition) is 0. The first-order valence-electron chi connectivity index (χ1n) is 9.49. The van der Waals surface area contributed by atoms with Crippen molar-refractivity contribution in [1.82, 2.24) is 9.88 Å². The third-order valence-electron chi connectivity index (χ3n) is 4.66. The molecule has 1 fully saturated rings. The molecule has 12 heteroatoms. The van der Waals surface area contributed by atoms with Crippen molar-refractivity contribution in [2.75, 3.05) is 33.4 Å². The van der Waals surface area contributed by atoms with Crippen LogP contribution in [-0.2, 0) is 14.3 Å². The van der Waals surface area contributed by atoms with Crippen LogP contribution < -0.4 is 4.74 Å². The number of halogens is 5. The molecule has 1 aliphatic heterocycles. The van der Waals surface area contributed by atoms with Crippen molar-refractivity contribution < 1.29 is 45.8 Å². The Balaban J connectivity index is 1.63. The van der Waals surface area contributed by atoms with E-state index in [1.807, 2.05) is 0 Å². The number of methoxy groups -OCH3 is 1. The molecule has 0 radical (unpaired) electrons. The van der Waals surface area contributed by atoms with E-state index in [-0.39, 0.29) is 37.6 Å². The van der Waals surface area contributed by atoms with Gasteiger partial charge in [0.15, 0.2) is 23.3 Å². The summed E-state index contributed by atoms with van der Waals surface area (Å²) in [5, 5.41) is 0. The second-order valence-corrected chi connectivity index (χ2v) is 6.81. The second-order valence-electron chi connectivity index (χ2n) is 6.81. The number of amides is 1. The van der Waals surface area contributed by atoms with Crippen molar-refractivity contribution in [1.29, 1.82) is 0 Å². The quantitative estimate of drug-likeness (QED) is 0.212. The van der Waals surface area contributed by atoms with Crippen LogP contribution in [0.5, 0.6) is 5.75 Å². The van der Waals surface area contributed by atoms with Gasteiger partial charge >= 0.3 is 5.97 Å². The Morgan fingerprint density at radius 3 is 2.45 bits per heavy atom. The summed E-state index contributed by atoms with van der Waals surface area (Å²) in [6.45, 7) is 0.272. The molecule has 1 amide bonds. The number of rotatable bonds is 6. The van der Waals surface area contributed by atoms with Crippen molar-refractivity contribution in [2.24, 2.45) is 0 Å².